The van der Waals surface area contributed by atoms with Gasteiger partial charge >= 0.3 is 0 Å². The maximum Gasteiger partial charge on any atom is 0.134 e. The Bertz CT molecular complexity index is 1020. The number of phenolic OH excluding ortho intramolecular Hbond substituents is 1. The number of aliphatic imine (C=N–C) groups is 1. The molecule has 0 radical (unpaired) electrons. The van der Waals surface area contributed by atoms with E-state index in [0.717, 1.165) is 42.2 Å². The fraction of sp³-hybridized carbons (Fsp3) is 0.182. The molecule has 2 aromatic carbocycles. The number of nitrogens with zero attached hydrogens (tertiary/aromatic N) is 3. The Labute approximate surface area is 162 Å². The minimum Gasteiger partial charge on any atom is -0.508 e. The molecule has 2 heterocycles. The van der Waals surface area contributed by atoms with Crippen LogP contribution >= 0.6 is 11.3 Å². The number of rotatable bonds is 4. The second-order valence-electron chi connectivity index (χ2n) is 6.60. The Morgan fingerprint density at radius 3 is 2.81 bits per heavy atom. The molecule has 0 spiro atoms. The first-order valence-corrected chi connectivity index (χ1v) is 9.68. The van der Waals surface area contributed by atoms with E-state index in [1.165, 1.54) is 10.4 Å². The number of aromatic hydroxyl groups is 1. The van der Waals surface area contributed by atoms with Gasteiger partial charge in [-0.05, 0) is 35.2 Å². The molecule has 5 heteroatoms. The maximum absolute atomic E-state index is 9.63. The molecule has 0 saturated heterocycles. The molecule has 1 aliphatic rings. The molecular weight excluding hydrogens is 354 g/mol. The first-order chi connectivity index (χ1) is 13.2. The van der Waals surface area contributed by atoms with Crippen molar-refractivity contribution in [2.75, 3.05) is 6.54 Å². The molecule has 0 unspecified atom stereocenters. The van der Waals surface area contributed by atoms with Crippen LogP contribution in [-0.4, -0.2) is 22.8 Å². The van der Waals surface area contributed by atoms with Crippen molar-refractivity contribution >= 4 is 22.6 Å². The predicted molar refractivity (Wildman–Crippen MR) is 109 cm³/mol. The lowest BCUT2D eigenvalue weighted by Crippen LogP contribution is -2.29. The summed E-state index contributed by atoms with van der Waals surface area (Å²) >= 11 is 1.60. The molecule has 4 rings (SSSR count). The van der Waals surface area contributed by atoms with Gasteiger partial charge in [-0.15, -0.1) is 11.3 Å². The lowest BCUT2D eigenvalue weighted by molar-refractivity contribution is 0.249. The fourth-order valence-corrected chi connectivity index (χ4v) is 4.55. The van der Waals surface area contributed by atoms with Crippen LogP contribution in [0.4, 0.5) is 5.00 Å². The third-order valence-corrected chi connectivity index (χ3v) is 5.80. The van der Waals surface area contributed by atoms with Crippen LogP contribution in [0.3, 0.4) is 0 Å². The molecular formula is C22H19N3OS. The zero-order valence-electron chi connectivity index (χ0n) is 14.8. The Balaban J connectivity index is 1.55. The van der Waals surface area contributed by atoms with Crippen molar-refractivity contribution in [3.05, 3.63) is 81.7 Å². The molecule has 1 N–H and O–H groups in total. The molecule has 0 amide bonds. The molecule has 0 fully saturated rings. The van der Waals surface area contributed by atoms with Gasteiger partial charge in [0.05, 0.1) is 5.56 Å². The van der Waals surface area contributed by atoms with Gasteiger partial charge in [0.25, 0.3) is 0 Å². The highest BCUT2D eigenvalue weighted by Gasteiger charge is 2.24. The number of fused-ring (bicyclic) bond motifs is 1. The summed E-state index contributed by atoms with van der Waals surface area (Å²) in [6.07, 6.45) is 2.59. The second kappa shape index (κ2) is 7.75. The predicted octanol–water partition coefficient (Wildman–Crippen LogP) is 4.63. The third-order valence-electron chi connectivity index (χ3n) is 4.68. The summed E-state index contributed by atoms with van der Waals surface area (Å²) in [7, 11) is 0. The second-order valence-corrected chi connectivity index (χ2v) is 7.68. The summed E-state index contributed by atoms with van der Waals surface area (Å²) in [6.45, 7) is 2.72. The van der Waals surface area contributed by atoms with Gasteiger partial charge < -0.3 is 5.11 Å². The Kier molecular flexibility index (Phi) is 5.01. The number of nitriles is 1. The highest BCUT2D eigenvalue weighted by atomic mass is 32.1. The minimum atomic E-state index is 0.210. The van der Waals surface area contributed by atoms with Crippen LogP contribution in [0.5, 0.6) is 5.75 Å². The summed E-state index contributed by atoms with van der Waals surface area (Å²) in [4.78, 5) is 8.19. The smallest absolute Gasteiger partial charge is 0.134 e. The molecule has 0 atom stereocenters. The Hall–Kier alpha value is -2.94. The van der Waals surface area contributed by atoms with Crippen molar-refractivity contribution in [3.8, 4) is 11.8 Å². The van der Waals surface area contributed by atoms with Gasteiger partial charge in [0.15, 0.2) is 0 Å². The van der Waals surface area contributed by atoms with E-state index in [2.05, 4.69) is 40.2 Å². The Morgan fingerprint density at radius 2 is 2.04 bits per heavy atom. The van der Waals surface area contributed by atoms with Crippen LogP contribution in [0.1, 0.15) is 27.1 Å². The van der Waals surface area contributed by atoms with Crippen LogP contribution in [0.2, 0.25) is 0 Å². The van der Waals surface area contributed by atoms with E-state index < -0.39 is 0 Å². The monoisotopic (exact) mass is 373 g/mol. The number of thiophene rings is 1. The molecule has 1 aromatic heterocycles. The van der Waals surface area contributed by atoms with E-state index in [4.69, 9.17) is 0 Å². The van der Waals surface area contributed by atoms with E-state index in [0.29, 0.717) is 5.56 Å². The molecule has 0 bridgehead atoms. The summed E-state index contributed by atoms with van der Waals surface area (Å²) in [5, 5.41) is 20.0. The zero-order chi connectivity index (χ0) is 18.6. The summed E-state index contributed by atoms with van der Waals surface area (Å²) in [6, 6.07) is 19.8. The Morgan fingerprint density at radius 1 is 1.19 bits per heavy atom. The maximum atomic E-state index is 9.63. The van der Waals surface area contributed by atoms with E-state index in [1.54, 1.807) is 35.8 Å². The highest BCUT2D eigenvalue weighted by Crippen LogP contribution is 2.38. The van der Waals surface area contributed by atoms with E-state index in [9.17, 15) is 10.4 Å². The number of benzene rings is 2. The quantitative estimate of drug-likeness (QED) is 0.678. The molecule has 27 heavy (non-hydrogen) atoms. The van der Waals surface area contributed by atoms with Gasteiger partial charge in [0, 0.05) is 30.7 Å². The average molecular weight is 373 g/mol. The number of hydrogen-bond acceptors (Lipinski definition) is 5. The molecule has 134 valence electrons. The van der Waals surface area contributed by atoms with Gasteiger partial charge in [-0.25, -0.2) is 4.99 Å². The minimum absolute atomic E-state index is 0.210. The number of hydrogen-bond donors (Lipinski definition) is 1. The van der Waals surface area contributed by atoms with Crippen molar-refractivity contribution in [2.45, 2.75) is 19.5 Å². The molecule has 1 aliphatic heterocycles. The molecule has 0 aliphatic carbocycles. The van der Waals surface area contributed by atoms with Crippen LogP contribution in [-0.2, 0) is 19.5 Å². The van der Waals surface area contributed by atoms with Crippen molar-refractivity contribution < 1.29 is 5.11 Å². The van der Waals surface area contributed by atoms with Crippen LogP contribution in [0.15, 0.2) is 59.6 Å². The molecule has 3 aromatic rings. The lowest BCUT2D eigenvalue weighted by Gasteiger charge is -2.26. The van der Waals surface area contributed by atoms with Crippen LogP contribution < -0.4 is 0 Å². The van der Waals surface area contributed by atoms with Crippen LogP contribution in [0.25, 0.3) is 0 Å². The summed E-state index contributed by atoms with van der Waals surface area (Å²) in [5.41, 5.74) is 3.97. The van der Waals surface area contributed by atoms with Gasteiger partial charge in [0.1, 0.15) is 16.8 Å². The first-order valence-electron chi connectivity index (χ1n) is 8.87. The highest BCUT2D eigenvalue weighted by molar-refractivity contribution is 7.16. The average Bonchev–Trinajstić information content (AvgIpc) is 3.04. The van der Waals surface area contributed by atoms with Gasteiger partial charge in [-0.2, -0.15) is 5.26 Å². The number of phenols is 1. The van der Waals surface area contributed by atoms with Gasteiger partial charge in [-0.1, -0.05) is 42.5 Å². The van der Waals surface area contributed by atoms with E-state index >= 15 is 0 Å². The largest absolute Gasteiger partial charge is 0.508 e. The van der Waals surface area contributed by atoms with Crippen LogP contribution in [0, 0.1) is 11.3 Å². The van der Waals surface area contributed by atoms with Gasteiger partial charge in [0.2, 0.25) is 0 Å². The summed E-state index contributed by atoms with van der Waals surface area (Å²) in [5.74, 6) is 0.210. The molecule has 4 nitrogen and oxygen atoms in total. The van der Waals surface area contributed by atoms with E-state index in [1.807, 2.05) is 12.1 Å². The zero-order valence-corrected chi connectivity index (χ0v) is 15.6. The van der Waals surface area contributed by atoms with Crippen molar-refractivity contribution in [2.24, 2.45) is 4.99 Å². The third kappa shape index (κ3) is 3.92. The lowest BCUT2D eigenvalue weighted by atomic mass is 10.0. The summed E-state index contributed by atoms with van der Waals surface area (Å²) < 4.78 is 0. The first kappa shape index (κ1) is 17.5. The van der Waals surface area contributed by atoms with Gasteiger partial charge in [-0.3, -0.25) is 4.90 Å². The standard InChI is InChI=1S/C22H19N3OS/c23-12-20-19-9-10-25(14-16-5-2-1-3-6-16)15-21(19)27-22(20)24-13-17-7-4-8-18(26)11-17/h1-8,11,13,26H,9-10,14-15H2. The normalized spacial score (nSPS) is 14.2. The van der Waals surface area contributed by atoms with E-state index in [-0.39, 0.29) is 5.75 Å². The van der Waals surface area contributed by atoms with Crippen molar-refractivity contribution in [3.63, 3.8) is 0 Å². The SMILES string of the molecule is N#Cc1c(N=Cc2cccc(O)c2)sc2c1CCN(Cc1ccccc1)C2. The topological polar surface area (TPSA) is 59.6 Å². The molecule has 0 saturated carbocycles. The van der Waals surface area contributed by atoms with Crippen molar-refractivity contribution in [1.82, 2.24) is 4.90 Å². The van der Waals surface area contributed by atoms with Crippen molar-refractivity contribution in [1.29, 1.82) is 5.26 Å². The fourth-order valence-electron chi connectivity index (χ4n) is 3.36.